The lowest BCUT2D eigenvalue weighted by Gasteiger charge is -2.47. The Bertz CT molecular complexity index is 924. The molecule has 1 heterocycles. The normalized spacial score (nSPS) is 43.1. The zero-order valence-electron chi connectivity index (χ0n) is 21.3. The van der Waals surface area contributed by atoms with Gasteiger partial charge in [-0.2, -0.15) is 0 Å². The highest BCUT2D eigenvalue weighted by molar-refractivity contribution is 6.16. The van der Waals surface area contributed by atoms with E-state index >= 15 is 4.39 Å². The summed E-state index contributed by atoms with van der Waals surface area (Å²) in [6.45, 7) is 10.6. The lowest BCUT2D eigenvalue weighted by atomic mass is 9.56. The highest BCUT2D eigenvalue weighted by Gasteiger charge is 2.55. The van der Waals surface area contributed by atoms with Crippen molar-refractivity contribution in [2.45, 2.75) is 72.6 Å². The number of Topliss-reactive ketones (excluding diaryl/α,β-unsaturated/α-hetero) is 2. The topological polar surface area (TPSA) is 60.4 Å². The van der Waals surface area contributed by atoms with Crippen LogP contribution in [-0.4, -0.2) is 29.3 Å². The van der Waals surface area contributed by atoms with Crippen molar-refractivity contribution in [1.29, 1.82) is 0 Å². The third-order valence-electron chi connectivity index (χ3n) is 7.97. The molecular weight excluding hydrogens is 431 g/mol. The Kier molecular flexibility index (Phi) is 8.15. The van der Waals surface area contributed by atoms with Gasteiger partial charge in [0.2, 0.25) is 5.67 Å². The molecule has 0 aromatic rings. The van der Waals surface area contributed by atoms with Crippen LogP contribution in [0.1, 0.15) is 60.8 Å². The van der Waals surface area contributed by atoms with Gasteiger partial charge in [-0.25, -0.2) is 4.39 Å². The number of ketones is 2. The van der Waals surface area contributed by atoms with Crippen molar-refractivity contribution in [2.24, 2.45) is 41.4 Å². The number of carbonyl (C=O) groups excluding carboxylic acids is 3. The molecule has 0 amide bonds. The highest BCUT2D eigenvalue weighted by Crippen LogP contribution is 2.50. The lowest BCUT2D eigenvalue weighted by Crippen LogP contribution is -2.54. The Morgan fingerprint density at radius 3 is 2.32 bits per heavy atom. The van der Waals surface area contributed by atoms with Crippen LogP contribution in [0.15, 0.2) is 48.1 Å². The van der Waals surface area contributed by atoms with Crippen LogP contribution in [0, 0.1) is 41.4 Å². The van der Waals surface area contributed by atoms with Crippen molar-refractivity contribution in [3.63, 3.8) is 0 Å². The molecule has 4 nitrogen and oxygen atoms in total. The molecule has 1 aliphatic heterocycles. The van der Waals surface area contributed by atoms with Crippen LogP contribution in [0.2, 0.25) is 0 Å². The van der Waals surface area contributed by atoms with Gasteiger partial charge < -0.3 is 4.74 Å². The number of hydrogen-bond donors (Lipinski definition) is 0. The summed E-state index contributed by atoms with van der Waals surface area (Å²) in [5, 5.41) is 0. The van der Waals surface area contributed by atoms with Crippen LogP contribution in [0.3, 0.4) is 0 Å². The maximum absolute atomic E-state index is 16.3. The summed E-state index contributed by atoms with van der Waals surface area (Å²) in [7, 11) is 0. The fourth-order valence-corrected chi connectivity index (χ4v) is 6.21. The van der Waals surface area contributed by atoms with Crippen LogP contribution in [0.25, 0.3) is 0 Å². The highest BCUT2D eigenvalue weighted by atomic mass is 19.1. The van der Waals surface area contributed by atoms with Gasteiger partial charge in [-0.3, -0.25) is 14.4 Å². The van der Waals surface area contributed by atoms with Crippen LogP contribution in [0.4, 0.5) is 4.39 Å². The number of carbonyl (C=O) groups is 3. The van der Waals surface area contributed by atoms with Gasteiger partial charge in [0.1, 0.15) is 12.0 Å². The zero-order chi connectivity index (χ0) is 25.2. The average molecular weight is 471 g/mol. The Labute approximate surface area is 203 Å². The molecule has 2 aliphatic carbocycles. The smallest absolute Gasteiger partial charge is 0.317 e. The van der Waals surface area contributed by atoms with Gasteiger partial charge in [0, 0.05) is 5.92 Å². The third kappa shape index (κ3) is 5.04. The first-order chi connectivity index (χ1) is 16.0. The Hall–Kier alpha value is -2.30. The molecule has 0 bridgehead atoms. The zero-order valence-corrected chi connectivity index (χ0v) is 21.3. The Morgan fingerprint density at radius 2 is 1.68 bits per heavy atom. The SMILES string of the molecule is CC[C@@H]1C(=O)OC(C)/C=C/C=C\[C@@H](CC)C2C=CC3CC(C)=CC(C)C3C2C(=O)[C@](C)(F)C1=O. The van der Waals surface area contributed by atoms with Gasteiger partial charge in [0.15, 0.2) is 11.6 Å². The first-order valence-corrected chi connectivity index (χ1v) is 12.7. The van der Waals surface area contributed by atoms with Gasteiger partial charge in [-0.05, 0) is 75.7 Å². The quantitative estimate of drug-likeness (QED) is 0.283. The summed E-state index contributed by atoms with van der Waals surface area (Å²) in [5.41, 5.74) is -1.50. The molecule has 0 N–H and O–H groups in total. The van der Waals surface area contributed by atoms with Crippen LogP contribution in [-0.2, 0) is 19.1 Å². The van der Waals surface area contributed by atoms with E-state index in [1.54, 1.807) is 19.9 Å². The van der Waals surface area contributed by atoms with Gasteiger partial charge in [0.25, 0.3) is 0 Å². The van der Waals surface area contributed by atoms with E-state index in [-0.39, 0.29) is 36.0 Å². The van der Waals surface area contributed by atoms with Gasteiger partial charge in [-0.1, -0.05) is 62.8 Å². The van der Waals surface area contributed by atoms with Gasteiger partial charge in [0.05, 0.1) is 0 Å². The van der Waals surface area contributed by atoms with E-state index in [1.807, 2.05) is 18.2 Å². The Morgan fingerprint density at radius 1 is 1.00 bits per heavy atom. The third-order valence-corrected chi connectivity index (χ3v) is 7.97. The molecule has 0 saturated heterocycles. The standard InChI is InChI=1S/C29H39FO4/c1-7-20-12-10-9-11-19(5)34-28(33)22(8-2)26(31)29(6,30)27(32)25-23(20)14-13-21-16-17(3)15-18(4)24(21)25/h9-15,18-25H,7-8,16H2,1-6H3/b11-9+,12-10-/t18?,19?,20-,21?,22+,23?,24?,25?,29-/m1/s1. The molecule has 186 valence electrons. The first kappa shape index (κ1) is 26.3. The van der Waals surface area contributed by atoms with Crippen molar-refractivity contribution in [3.8, 4) is 0 Å². The largest absolute Gasteiger partial charge is 0.458 e. The van der Waals surface area contributed by atoms with E-state index in [9.17, 15) is 14.4 Å². The minimum absolute atomic E-state index is 0.0173. The average Bonchev–Trinajstić information content (AvgIpc) is 2.77. The maximum atomic E-state index is 16.3. The number of allylic oxidation sites excluding steroid dienone is 7. The summed E-state index contributed by atoms with van der Waals surface area (Å²) >= 11 is 0. The van der Waals surface area contributed by atoms with E-state index in [4.69, 9.17) is 4.74 Å². The minimum Gasteiger partial charge on any atom is -0.458 e. The number of hydrogen-bond acceptors (Lipinski definition) is 4. The summed E-state index contributed by atoms with van der Waals surface area (Å²) < 4.78 is 21.7. The van der Waals surface area contributed by atoms with Crippen molar-refractivity contribution in [3.05, 3.63) is 48.1 Å². The monoisotopic (exact) mass is 470 g/mol. The maximum Gasteiger partial charge on any atom is 0.317 e. The molecule has 0 aromatic heterocycles. The molecule has 3 rings (SSSR count). The molecule has 0 radical (unpaired) electrons. The van der Waals surface area contributed by atoms with Gasteiger partial charge >= 0.3 is 5.97 Å². The second-order valence-corrected chi connectivity index (χ2v) is 10.5. The molecule has 6 unspecified atom stereocenters. The van der Waals surface area contributed by atoms with E-state index in [2.05, 4.69) is 39.0 Å². The summed E-state index contributed by atoms with van der Waals surface area (Å²) in [6, 6.07) is 0. The summed E-state index contributed by atoms with van der Waals surface area (Å²) in [6.07, 6.45) is 15.1. The first-order valence-electron chi connectivity index (χ1n) is 12.7. The number of esters is 1. The van der Waals surface area contributed by atoms with E-state index < -0.39 is 41.1 Å². The molecule has 0 aromatic carbocycles. The second kappa shape index (κ2) is 10.5. The summed E-state index contributed by atoms with van der Waals surface area (Å²) in [4.78, 5) is 40.1. The molecule has 3 aliphatic rings. The molecule has 9 atom stereocenters. The van der Waals surface area contributed by atoms with Gasteiger partial charge in [-0.15, -0.1) is 0 Å². The number of fused-ring (bicyclic) bond motifs is 3. The second-order valence-electron chi connectivity index (χ2n) is 10.5. The predicted octanol–water partition coefficient (Wildman–Crippen LogP) is 5.98. The minimum atomic E-state index is -2.76. The van der Waals surface area contributed by atoms with Crippen LogP contribution in [0.5, 0.6) is 0 Å². The molecule has 0 fully saturated rings. The molecule has 0 saturated carbocycles. The number of alkyl halides is 1. The van der Waals surface area contributed by atoms with E-state index in [0.717, 1.165) is 19.8 Å². The summed E-state index contributed by atoms with van der Waals surface area (Å²) in [5.74, 6) is -4.50. The number of ether oxygens (including phenoxy) is 1. The number of cyclic esters (lactones) is 1. The predicted molar refractivity (Wildman–Crippen MR) is 132 cm³/mol. The van der Waals surface area contributed by atoms with Crippen LogP contribution < -0.4 is 0 Å². The van der Waals surface area contributed by atoms with Crippen molar-refractivity contribution < 1.29 is 23.5 Å². The Balaban J connectivity index is 2.16. The lowest BCUT2D eigenvalue weighted by molar-refractivity contribution is -0.160. The van der Waals surface area contributed by atoms with Crippen molar-refractivity contribution in [1.82, 2.24) is 0 Å². The van der Waals surface area contributed by atoms with Crippen LogP contribution >= 0.6 is 0 Å². The number of rotatable bonds is 2. The van der Waals surface area contributed by atoms with E-state index in [1.165, 1.54) is 5.57 Å². The van der Waals surface area contributed by atoms with E-state index in [0.29, 0.717) is 0 Å². The number of halogens is 1. The van der Waals surface area contributed by atoms with Crippen molar-refractivity contribution in [2.75, 3.05) is 0 Å². The van der Waals surface area contributed by atoms with Crippen molar-refractivity contribution >= 4 is 17.5 Å². The molecule has 5 heteroatoms. The molecule has 0 spiro atoms. The fourth-order valence-electron chi connectivity index (χ4n) is 6.21. The molecule has 34 heavy (non-hydrogen) atoms. The molecular formula is C29H39FO4. The fraction of sp³-hybridized carbons (Fsp3) is 0.621.